The quantitative estimate of drug-likeness (QED) is 0.187. The normalized spacial score (nSPS) is 46.1. The molecule has 18 heteroatoms. The van der Waals surface area contributed by atoms with Crippen molar-refractivity contribution in [2.45, 2.75) is 231 Å². The summed E-state index contributed by atoms with van der Waals surface area (Å²) in [4.78, 5) is 45.2. The summed E-state index contributed by atoms with van der Waals surface area (Å²) in [5.41, 5.74) is -4.55. The van der Waals surface area contributed by atoms with E-state index in [9.17, 15) is 39.9 Å². The van der Waals surface area contributed by atoms with Crippen molar-refractivity contribution in [3.63, 3.8) is 0 Å². The molecule has 4 heterocycles. The maximum atomic E-state index is 14.6. The zero-order valence-electron chi connectivity index (χ0n) is 41.8. The Balaban J connectivity index is 1.96. The molecule has 4 fully saturated rings. The first-order chi connectivity index (χ1) is 30.0. The number of esters is 2. The Hall–Kier alpha value is -1.91. The van der Waals surface area contributed by atoms with Crippen molar-refractivity contribution in [3.8, 4) is 0 Å². The van der Waals surface area contributed by atoms with E-state index >= 15 is 0 Å². The first-order valence-corrected chi connectivity index (χ1v) is 23.7. The Morgan fingerprint density at radius 1 is 0.769 bits per heavy atom. The van der Waals surface area contributed by atoms with Crippen LogP contribution in [0.1, 0.15) is 122 Å². The summed E-state index contributed by atoms with van der Waals surface area (Å²) in [6, 6.07) is -0.793. The highest BCUT2D eigenvalue weighted by Crippen LogP contribution is 2.44. The minimum Gasteiger partial charge on any atom is -0.461 e. The summed E-state index contributed by atoms with van der Waals surface area (Å²) in [7, 11) is 7.37. The third-order valence-electron chi connectivity index (χ3n) is 14.6. The zero-order chi connectivity index (χ0) is 49.3. The van der Waals surface area contributed by atoms with Crippen LogP contribution in [0, 0.1) is 23.2 Å². The van der Waals surface area contributed by atoms with Gasteiger partial charge in [-0.2, -0.15) is 0 Å². The number of aliphatic hydroxyl groups is 5. The molecule has 0 spiro atoms. The van der Waals surface area contributed by atoms with Crippen molar-refractivity contribution in [1.82, 2.24) is 9.80 Å². The predicted octanol–water partition coefficient (Wildman–Crippen LogP) is 2.54. The van der Waals surface area contributed by atoms with E-state index in [1.54, 1.807) is 69.2 Å². The third kappa shape index (κ3) is 12.7. The predicted molar refractivity (Wildman–Crippen MR) is 237 cm³/mol. The molecule has 4 rings (SSSR count). The average Bonchev–Trinajstić information content (AvgIpc) is 3.21. The molecule has 21 unspecified atom stereocenters. The van der Waals surface area contributed by atoms with E-state index in [2.05, 4.69) is 0 Å². The van der Waals surface area contributed by atoms with Gasteiger partial charge in [-0.25, -0.2) is 0 Å². The second kappa shape index (κ2) is 22.2. The molecule has 0 aliphatic carbocycles. The smallest absolute Gasteiger partial charge is 0.311 e. The van der Waals surface area contributed by atoms with Crippen LogP contribution in [0.15, 0.2) is 0 Å². The van der Waals surface area contributed by atoms with Gasteiger partial charge in [0.25, 0.3) is 0 Å². The number of nitrogens with zero attached hydrogens (tertiary/aromatic N) is 2. The highest BCUT2D eigenvalue weighted by molar-refractivity contribution is 5.85. The molecular formula is C47H84N2O16. The van der Waals surface area contributed by atoms with E-state index in [0.29, 0.717) is 6.42 Å². The van der Waals surface area contributed by atoms with E-state index in [4.69, 9.17) is 37.9 Å². The van der Waals surface area contributed by atoms with Gasteiger partial charge in [-0.3, -0.25) is 14.4 Å². The van der Waals surface area contributed by atoms with Crippen LogP contribution in [0.5, 0.6) is 0 Å². The summed E-state index contributed by atoms with van der Waals surface area (Å²) < 4.78 is 51.9. The van der Waals surface area contributed by atoms with Gasteiger partial charge in [-0.05, 0) is 89.0 Å². The topological polar surface area (TPSA) is 233 Å². The summed E-state index contributed by atoms with van der Waals surface area (Å²) >= 11 is 0. The molecule has 0 aromatic heterocycles. The highest BCUT2D eigenvalue weighted by atomic mass is 16.7. The number of hydrogen-bond acceptors (Lipinski definition) is 18. The van der Waals surface area contributed by atoms with Gasteiger partial charge in [0.1, 0.15) is 23.9 Å². The van der Waals surface area contributed by atoms with E-state index < -0.39 is 144 Å². The summed E-state index contributed by atoms with van der Waals surface area (Å²) in [5, 5.41) is 58.3. The fraction of sp³-hybridized carbons (Fsp3) is 0.936. The van der Waals surface area contributed by atoms with Gasteiger partial charge in [0.05, 0.1) is 54.2 Å². The second-order valence-corrected chi connectivity index (χ2v) is 21.0. The SMILES string of the molecule is CCC(=O)OC1C(C)OC(OC2C(C)C(=O)OC(CC)C(C)(C)C(O)C(O)C(=O)C(C)CC(C)(OC3CC(N(C)C)C(O)C(C)O3)C(OC3OC(C)CC(N(C)C)C3O)C2C)CC1(C)O. The molecule has 0 amide bonds. The molecule has 5 N–H and O–H groups in total. The Labute approximate surface area is 386 Å². The second-order valence-electron chi connectivity index (χ2n) is 21.0. The average molecular weight is 933 g/mol. The number of carbonyl (C=O) groups excluding carboxylic acids is 3. The van der Waals surface area contributed by atoms with Crippen molar-refractivity contribution >= 4 is 17.7 Å². The van der Waals surface area contributed by atoms with Gasteiger partial charge in [0.2, 0.25) is 0 Å². The number of carbonyl (C=O) groups is 3. The van der Waals surface area contributed by atoms with Crippen molar-refractivity contribution in [3.05, 3.63) is 0 Å². The van der Waals surface area contributed by atoms with Crippen LogP contribution in [0.3, 0.4) is 0 Å². The molecule has 4 aliphatic rings. The third-order valence-corrected chi connectivity index (χ3v) is 14.6. The van der Waals surface area contributed by atoms with Crippen molar-refractivity contribution < 1.29 is 77.8 Å². The Kier molecular flexibility index (Phi) is 19.0. The molecular weight excluding hydrogens is 849 g/mol. The lowest BCUT2D eigenvalue weighted by atomic mass is 9.73. The first-order valence-electron chi connectivity index (χ1n) is 23.7. The molecule has 4 aliphatic heterocycles. The first kappa shape index (κ1) is 55.7. The number of ketones is 1. The maximum Gasteiger partial charge on any atom is 0.311 e. The Morgan fingerprint density at radius 2 is 1.35 bits per heavy atom. The molecule has 0 aromatic carbocycles. The van der Waals surface area contributed by atoms with Crippen molar-refractivity contribution in [2.75, 3.05) is 28.2 Å². The van der Waals surface area contributed by atoms with E-state index in [1.807, 2.05) is 44.9 Å². The summed E-state index contributed by atoms with van der Waals surface area (Å²) in [6.45, 7) is 20.2. The van der Waals surface area contributed by atoms with Crippen molar-refractivity contribution in [2.24, 2.45) is 23.2 Å². The number of hydrogen-bond donors (Lipinski definition) is 5. The fourth-order valence-electron chi connectivity index (χ4n) is 10.6. The standard InChI is InChI=1S/C47H84N2O16/c1-17-31-45(9,10)40(55)38(54)35(51)23(3)21-47(12,65-33-20-30(49(15)16)36(52)27(7)59-33)41(64-44-37(53)29(48(13)14)19-24(4)58-44)25(5)39(26(6)43(56)61-31)63-34-22-46(11,57)42(28(8)60-34)62-32(50)18-2/h23-31,33-34,36-42,44,52-55,57H,17-22H2,1-16H3. The Bertz CT molecular complexity index is 1580. The molecule has 65 heavy (non-hydrogen) atoms. The number of Topliss-reactive ketones (excluding diaryl/α,β-unsaturated/α-hetero) is 1. The molecule has 0 aromatic rings. The summed E-state index contributed by atoms with van der Waals surface area (Å²) in [6.07, 6.45) is -14.6. The fourth-order valence-corrected chi connectivity index (χ4v) is 10.6. The minimum atomic E-state index is -1.88. The van der Waals surface area contributed by atoms with Crippen LogP contribution in [-0.4, -0.2) is 191 Å². The van der Waals surface area contributed by atoms with Crippen LogP contribution in [0.25, 0.3) is 0 Å². The highest BCUT2D eigenvalue weighted by Gasteiger charge is 2.56. The lowest BCUT2D eigenvalue weighted by Gasteiger charge is -2.51. The maximum absolute atomic E-state index is 14.6. The van der Waals surface area contributed by atoms with Crippen LogP contribution < -0.4 is 0 Å². The van der Waals surface area contributed by atoms with Gasteiger partial charge in [-0.1, -0.05) is 41.5 Å². The van der Waals surface area contributed by atoms with Crippen LogP contribution >= 0.6 is 0 Å². The van der Waals surface area contributed by atoms with Crippen LogP contribution in [-0.2, 0) is 52.3 Å². The van der Waals surface area contributed by atoms with Gasteiger partial charge in [0, 0.05) is 48.6 Å². The van der Waals surface area contributed by atoms with E-state index in [-0.39, 0.29) is 38.2 Å². The lowest BCUT2D eigenvalue weighted by molar-refractivity contribution is -0.340. The molecule has 0 saturated carbocycles. The zero-order valence-corrected chi connectivity index (χ0v) is 41.8. The largest absolute Gasteiger partial charge is 0.461 e. The minimum absolute atomic E-state index is 0.0884. The van der Waals surface area contributed by atoms with Gasteiger partial charge >= 0.3 is 11.9 Å². The monoisotopic (exact) mass is 933 g/mol. The van der Waals surface area contributed by atoms with Crippen molar-refractivity contribution in [1.29, 1.82) is 0 Å². The molecule has 0 radical (unpaired) electrons. The molecule has 4 saturated heterocycles. The number of rotatable bonds is 11. The lowest BCUT2D eigenvalue weighted by Crippen LogP contribution is -2.62. The van der Waals surface area contributed by atoms with Gasteiger partial charge < -0.3 is 73.2 Å². The number of cyclic esters (lactones) is 1. The van der Waals surface area contributed by atoms with Crippen LogP contribution in [0.4, 0.5) is 0 Å². The number of ether oxygens (including phenoxy) is 8. The Morgan fingerprint density at radius 3 is 1.91 bits per heavy atom. The van der Waals surface area contributed by atoms with Crippen LogP contribution in [0.2, 0.25) is 0 Å². The number of aliphatic hydroxyl groups excluding tert-OH is 4. The van der Waals surface area contributed by atoms with E-state index in [0.717, 1.165) is 0 Å². The molecule has 18 nitrogen and oxygen atoms in total. The molecule has 378 valence electrons. The van der Waals surface area contributed by atoms with E-state index in [1.165, 1.54) is 6.92 Å². The molecule has 21 atom stereocenters. The molecule has 0 bridgehead atoms. The van der Waals surface area contributed by atoms with Gasteiger partial charge in [-0.15, -0.1) is 0 Å². The van der Waals surface area contributed by atoms with Gasteiger partial charge in [0.15, 0.2) is 30.8 Å². The summed E-state index contributed by atoms with van der Waals surface area (Å²) in [5.74, 6) is -4.96. The number of likely N-dealkylation sites (N-methyl/N-ethyl adjacent to an activating group) is 2.